The number of amides is 1. The number of carboxylic acids is 2. The van der Waals surface area contributed by atoms with Crippen LogP contribution in [0.1, 0.15) is 48.9 Å². The molecule has 0 heterocycles. The summed E-state index contributed by atoms with van der Waals surface area (Å²) in [7, 11) is 0. The van der Waals surface area contributed by atoms with E-state index in [9.17, 15) is 24.0 Å². The molecule has 1 amide bonds. The Kier molecular flexibility index (Phi) is 23.3. The fourth-order valence-corrected chi connectivity index (χ4v) is 3.30. The molecule has 258 valence electrons. The molecular formula is C35H40NO12-. The highest BCUT2D eigenvalue weighted by atomic mass is 16.5. The highest BCUT2D eigenvalue weighted by molar-refractivity contribution is 5.85. The van der Waals surface area contributed by atoms with E-state index in [0.29, 0.717) is 12.2 Å². The summed E-state index contributed by atoms with van der Waals surface area (Å²) in [6, 6.07) is 21.2. The van der Waals surface area contributed by atoms with Gasteiger partial charge in [0, 0.05) is 20.3 Å². The minimum Gasteiger partial charge on any atom is -0.870 e. The van der Waals surface area contributed by atoms with E-state index in [1.54, 1.807) is 24.3 Å². The topological polar surface area (TPSA) is 220 Å². The molecule has 0 aromatic heterocycles. The van der Waals surface area contributed by atoms with Gasteiger partial charge < -0.3 is 30.5 Å². The van der Waals surface area contributed by atoms with E-state index in [1.807, 2.05) is 55.5 Å². The van der Waals surface area contributed by atoms with Crippen molar-refractivity contribution in [1.82, 2.24) is 5.32 Å². The van der Waals surface area contributed by atoms with Crippen LogP contribution < -0.4 is 15.8 Å². The van der Waals surface area contributed by atoms with Gasteiger partial charge >= 0.3 is 30.0 Å². The molecule has 13 heteroatoms. The van der Waals surface area contributed by atoms with E-state index in [1.165, 1.54) is 19.4 Å². The summed E-state index contributed by atoms with van der Waals surface area (Å²) in [5.74, 6) is -3.55. The Hall–Kier alpha value is -5.91. The number of hydrogen-bond acceptors (Lipinski definition) is 10. The van der Waals surface area contributed by atoms with Crippen LogP contribution in [0.4, 0.5) is 0 Å². The van der Waals surface area contributed by atoms with Crippen molar-refractivity contribution >= 4 is 49.1 Å². The van der Waals surface area contributed by atoms with Gasteiger partial charge in [-0.05, 0) is 40.5 Å². The van der Waals surface area contributed by atoms with Crippen LogP contribution in [0.3, 0.4) is 0 Å². The van der Waals surface area contributed by atoms with Crippen molar-refractivity contribution in [2.24, 2.45) is 0 Å². The van der Waals surface area contributed by atoms with E-state index in [4.69, 9.17) is 29.3 Å². The molecule has 0 aliphatic carbocycles. The second-order valence-corrected chi connectivity index (χ2v) is 9.83. The molecule has 4 N–H and O–H groups in total. The first-order chi connectivity index (χ1) is 22.2. The van der Waals surface area contributed by atoms with Crippen molar-refractivity contribution in [1.29, 1.82) is 0 Å². The van der Waals surface area contributed by atoms with Crippen molar-refractivity contribution in [2.45, 2.75) is 59.3 Å². The Morgan fingerprint density at radius 1 is 0.729 bits per heavy atom. The lowest BCUT2D eigenvalue weighted by molar-refractivity contribution is -0.191. The first kappa shape index (κ1) is 44.2. The Labute approximate surface area is 277 Å². The van der Waals surface area contributed by atoms with Crippen molar-refractivity contribution in [3.05, 3.63) is 105 Å². The third-order valence-corrected chi connectivity index (χ3v) is 5.70. The zero-order valence-electron chi connectivity index (χ0n) is 27.0. The van der Waals surface area contributed by atoms with Crippen LogP contribution in [-0.4, -0.2) is 57.7 Å². The van der Waals surface area contributed by atoms with E-state index in [-0.39, 0.29) is 49.4 Å². The number of benzene rings is 3. The fourth-order valence-electron chi connectivity index (χ4n) is 3.30. The second-order valence-electron chi connectivity index (χ2n) is 9.83. The largest absolute Gasteiger partial charge is 0.870 e. The van der Waals surface area contributed by atoms with E-state index in [0.717, 1.165) is 21.6 Å². The smallest absolute Gasteiger partial charge is 0.373 e. The zero-order valence-corrected chi connectivity index (χ0v) is 27.0. The Balaban J connectivity index is 0. The number of carbonyl (C=O) groups excluding carboxylic acids is 5. The van der Waals surface area contributed by atoms with Gasteiger partial charge in [-0.1, -0.05) is 91.5 Å². The molecule has 3 rings (SSSR count). The highest BCUT2D eigenvalue weighted by Gasteiger charge is 2.20. The molecule has 0 bridgehead atoms. The number of aryl methyl sites for hydroxylation is 1. The lowest BCUT2D eigenvalue weighted by atomic mass is 10.1. The Morgan fingerprint density at radius 3 is 1.46 bits per heavy atom. The second kappa shape index (κ2) is 25.3. The fraction of sp³-hybridized carbons (Fsp3) is 0.257. The predicted molar refractivity (Wildman–Crippen MR) is 172 cm³/mol. The number of ether oxygens (including phenoxy) is 2. The van der Waals surface area contributed by atoms with Crippen LogP contribution in [0.2, 0.25) is 0 Å². The first-order valence-electron chi connectivity index (χ1n) is 14.0. The summed E-state index contributed by atoms with van der Waals surface area (Å²) in [5.41, 5.74) is 3.65. The molecule has 0 saturated heterocycles. The van der Waals surface area contributed by atoms with Gasteiger partial charge in [0.15, 0.2) is 0 Å². The lowest BCUT2D eigenvalue weighted by Gasteiger charge is -2.13. The van der Waals surface area contributed by atoms with Gasteiger partial charge in [0.05, 0.1) is 6.42 Å². The number of esters is 2. The average molecular weight is 667 g/mol. The summed E-state index contributed by atoms with van der Waals surface area (Å²) < 4.78 is 9.67. The monoisotopic (exact) mass is 666 g/mol. The van der Waals surface area contributed by atoms with Gasteiger partial charge in [-0.15, -0.1) is 0 Å². The third kappa shape index (κ3) is 23.5. The molecule has 1 atom stereocenters. The van der Waals surface area contributed by atoms with Crippen LogP contribution in [0, 0.1) is 6.92 Å². The Morgan fingerprint density at radius 2 is 1.10 bits per heavy atom. The lowest BCUT2D eigenvalue weighted by Crippen LogP contribution is -2.41. The van der Waals surface area contributed by atoms with Crippen molar-refractivity contribution in [2.75, 3.05) is 0 Å². The molecule has 0 aliphatic rings. The molecule has 0 fully saturated rings. The summed E-state index contributed by atoms with van der Waals surface area (Å²) >= 11 is 0. The minimum absolute atomic E-state index is 0. The summed E-state index contributed by atoms with van der Waals surface area (Å²) in [4.78, 5) is 70.8. The standard InChI is InChI=1S/C16H19NO7.C10H12O2.C8H8.CO2.H2O/c1-10(18)24-9-12-4-2-11(3-5-12)8-14(19)17-13(16(22)23)6-7-15(20)21;1-8-3-5-10(6-4-8)7-12-9(2)11;1-7-3-5-8(2)6-4-7;2-1-3;/h2-5,13H,6-9H2,1H3,(H,17,19)(H,20,21)(H,22,23);3-6H,7H2,1-2H3;3-6H,1-2H2;;1H2/p-1/t13-;;;;/m0..../s1. The molecule has 0 saturated carbocycles. The highest BCUT2D eigenvalue weighted by Crippen LogP contribution is 2.08. The van der Waals surface area contributed by atoms with E-state index >= 15 is 0 Å². The molecule has 0 aliphatic heterocycles. The van der Waals surface area contributed by atoms with Gasteiger partial charge in [0.1, 0.15) is 19.3 Å². The number of rotatable bonds is 11. The van der Waals surface area contributed by atoms with Crippen molar-refractivity contribution in [3.8, 4) is 0 Å². The van der Waals surface area contributed by atoms with Crippen LogP contribution in [0.25, 0.3) is 13.2 Å². The summed E-state index contributed by atoms with van der Waals surface area (Å²) in [6.45, 7) is 12.7. The maximum atomic E-state index is 11.9. The number of hydrogen-bond donors (Lipinski definition) is 3. The van der Waals surface area contributed by atoms with Crippen LogP contribution in [-0.2, 0) is 62.7 Å². The van der Waals surface area contributed by atoms with Gasteiger partial charge in [-0.2, -0.15) is 9.59 Å². The molecule has 0 unspecified atom stereocenters. The molecule has 13 nitrogen and oxygen atoms in total. The van der Waals surface area contributed by atoms with E-state index < -0.39 is 23.9 Å². The van der Waals surface area contributed by atoms with Crippen LogP contribution in [0.5, 0.6) is 0 Å². The minimum atomic E-state index is -1.28. The molecule has 3 aromatic rings. The van der Waals surface area contributed by atoms with Gasteiger partial charge in [0.25, 0.3) is 0 Å². The maximum Gasteiger partial charge on any atom is 0.373 e. The maximum absolute atomic E-state index is 11.9. The van der Waals surface area contributed by atoms with Crippen LogP contribution in [0.15, 0.2) is 72.8 Å². The summed E-state index contributed by atoms with van der Waals surface area (Å²) in [5, 5.41) is 22.0. The predicted octanol–water partition coefficient (Wildman–Crippen LogP) is 2.53. The third-order valence-electron chi connectivity index (χ3n) is 5.70. The van der Waals surface area contributed by atoms with Crippen molar-refractivity contribution in [3.63, 3.8) is 0 Å². The van der Waals surface area contributed by atoms with Crippen LogP contribution >= 0.6 is 0 Å². The van der Waals surface area contributed by atoms with E-state index in [2.05, 4.69) is 18.5 Å². The van der Waals surface area contributed by atoms with Gasteiger partial charge in [-0.25, -0.2) is 4.79 Å². The number of nitrogens with one attached hydrogen (secondary N) is 1. The normalized spacial score (nSPS) is 9.73. The van der Waals surface area contributed by atoms with Gasteiger partial charge in [-0.3, -0.25) is 19.2 Å². The average Bonchev–Trinajstić information content (AvgIpc) is 3.01. The Bertz CT molecular complexity index is 1530. The molecule has 0 radical (unpaired) electrons. The van der Waals surface area contributed by atoms with Crippen molar-refractivity contribution < 1.29 is 58.7 Å². The molecule has 3 aromatic carbocycles. The molecule has 48 heavy (non-hydrogen) atoms. The quantitative estimate of drug-likeness (QED) is 0.251. The molecular weight excluding hydrogens is 626 g/mol. The van der Waals surface area contributed by atoms with Gasteiger partial charge in [0.2, 0.25) is 5.91 Å². The molecule has 0 spiro atoms. The number of aliphatic carboxylic acids is 2. The summed E-state index contributed by atoms with van der Waals surface area (Å²) in [6.07, 6.45) is -0.315. The number of carboxylic acid groups (broad SMARTS) is 2. The SMILES string of the molecule is C=c1ccc(=C)cc1.CC(=O)OCc1ccc(C)cc1.CC(=O)OCc1ccc(CC(=O)N[C@@H](CCC(=O)O)C(=O)O)cc1.O=C=O.[OH-]. The first-order valence-corrected chi connectivity index (χ1v) is 14.0. The number of carbonyl (C=O) groups is 5. The zero-order chi connectivity index (χ0) is 35.8.